The molecule has 2 amide bonds. The molecule has 0 aliphatic carbocycles. The number of rotatable bonds is 3. The summed E-state index contributed by atoms with van der Waals surface area (Å²) < 4.78 is 0. The number of nitrogens with zero attached hydrogens (tertiary/aromatic N) is 1. The monoisotopic (exact) mass is 291 g/mol. The first kappa shape index (κ1) is 18.2. The van der Waals surface area contributed by atoms with E-state index >= 15 is 0 Å². The number of halogens is 1. The van der Waals surface area contributed by atoms with E-state index in [2.05, 4.69) is 10.6 Å². The quantitative estimate of drug-likeness (QED) is 0.813. The van der Waals surface area contributed by atoms with Crippen LogP contribution in [0.5, 0.6) is 0 Å². The molecule has 6 heteroatoms. The van der Waals surface area contributed by atoms with Crippen LogP contribution in [-0.4, -0.2) is 48.4 Å². The van der Waals surface area contributed by atoms with Crippen molar-refractivity contribution in [3.63, 3.8) is 0 Å². The van der Waals surface area contributed by atoms with Crippen LogP contribution in [0.2, 0.25) is 0 Å². The lowest BCUT2D eigenvalue weighted by molar-refractivity contribution is -0.137. The number of carbonyl (C=O) groups excluding carboxylic acids is 2. The van der Waals surface area contributed by atoms with Crippen LogP contribution >= 0.6 is 12.4 Å². The first-order valence-corrected chi connectivity index (χ1v) is 6.59. The molecule has 1 aliphatic rings. The molecule has 0 aromatic carbocycles. The van der Waals surface area contributed by atoms with Gasteiger partial charge >= 0.3 is 0 Å². The maximum absolute atomic E-state index is 12.1. The van der Waals surface area contributed by atoms with Gasteiger partial charge in [-0.1, -0.05) is 6.42 Å². The largest absolute Gasteiger partial charge is 0.350 e. The Morgan fingerprint density at radius 1 is 1.32 bits per heavy atom. The topological polar surface area (TPSA) is 61.4 Å². The first-order valence-electron chi connectivity index (χ1n) is 6.59. The zero-order valence-corrected chi connectivity index (χ0v) is 13.1. The predicted octanol–water partition coefficient (Wildman–Crippen LogP) is 0.923. The van der Waals surface area contributed by atoms with Crippen molar-refractivity contribution in [3.05, 3.63) is 0 Å². The number of amides is 2. The number of hydrogen-bond donors (Lipinski definition) is 2. The Labute approximate surface area is 121 Å². The van der Waals surface area contributed by atoms with Gasteiger partial charge in [-0.3, -0.25) is 9.59 Å². The molecule has 0 spiro atoms. The van der Waals surface area contributed by atoms with Gasteiger partial charge in [0, 0.05) is 12.6 Å². The molecule has 1 saturated heterocycles. The van der Waals surface area contributed by atoms with Crippen LogP contribution in [0.3, 0.4) is 0 Å². The summed E-state index contributed by atoms with van der Waals surface area (Å²) in [6.07, 6.45) is 3.06. The Balaban J connectivity index is 0.00000324. The Bertz CT molecular complexity index is 310. The van der Waals surface area contributed by atoms with Crippen LogP contribution in [0.25, 0.3) is 0 Å². The predicted molar refractivity (Wildman–Crippen MR) is 78.4 cm³/mol. The fraction of sp³-hybridized carbons (Fsp3) is 0.846. The maximum atomic E-state index is 12.1. The molecule has 0 radical (unpaired) electrons. The molecule has 1 atom stereocenters. The minimum absolute atomic E-state index is 0. The summed E-state index contributed by atoms with van der Waals surface area (Å²) in [6, 6.07) is -0.119. The van der Waals surface area contributed by atoms with Gasteiger partial charge in [-0.25, -0.2) is 0 Å². The SMILES string of the molecule is CN(CC(=O)NC(C)(C)C)C(=O)C1CCCCN1.Cl. The van der Waals surface area contributed by atoms with E-state index in [1.165, 1.54) is 4.90 Å². The van der Waals surface area contributed by atoms with E-state index in [4.69, 9.17) is 0 Å². The third-order valence-corrected chi connectivity index (χ3v) is 2.88. The Kier molecular flexibility index (Phi) is 7.37. The van der Waals surface area contributed by atoms with Crippen LogP contribution < -0.4 is 10.6 Å². The smallest absolute Gasteiger partial charge is 0.240 e. The second kappa shape index (κ2) is 7.70. The molecule has 19 heavy (non-hydrogen) atoms. The van der Waals surface area contributed by atoms with Crippen molar-refractivity contribution in [2.75, 3.05) is 20.1 Å². The molecule has 2 N–H and O–H groups in total. The molecule has 112 valence electrons. The van der Waals surface area contributed by atoms with E-state index in [0.717, 1.165) is 25.8 Å². The fourth-order valence-electron chi connectivity index (χ4n) is 2.08. The summed E-state index contributed by atoms with van der Waals surface area (Å²) in [5.74, 6) is -0.104. The second-order valence-corrected chi connectivity index (χ2v) is 5.99. The lowest BCUT2D eigenvalue weighted by Crippen LogP contribution is -2.51. The molecule has 0 saturated carbocycles. The Hall–Kier alpha value is -0.810. The highest BCUT2D eigenvalue weighted by atomic mass is 35.5. The van der Waals surface area contributed by atoms with E-state index in [-0.39, 0.29) is 42.3 Å². The zero-order valence-electron chi connectivity index (χ0n) is 12.3. The number of likely N-dealkylation sites (N-methyl/N-ethyl adjacent to an activating group) is 1. The van der Waals surface area contributed by atoms with Crippen molar-refractivity contribution in [2.24, 2.45) is 0 Å². The molecule has 1 heterocycles. The zero-order chi connectivity index (χ0) is 13.8. The van der Waals surface area contributed by atoms with Crippen molar-refractivity contribution >= 4 is 24.2 Å². The minimum atomic E-state index is -0.260. The molecular formula is C13H26ClN3O2. The summed E-state index contributed by atoms with van der Waals surface area (Å²) >= 11 is 0. The highest BCUT2D eigenvalue weighted by molar-refractivity contribution is 5.87. The second-order valence-electron chi connectivity index (χ2n) is 5.99. The molecule has 0 bridgehead atoms. The Morgan fingerprint density at radius 2 is 1.95 bits per heavy atom. The number of hydrogen-bond acceptors (Lipinski definition) is 3. The van der Waals surface area contributed by atoms with Crippen LogP contribution in [-0.2, 0) is 9.59 Å². The van der Waals surface area contributed by atoms with Crippen molar-refractivity contribution in [2.45, 2.75) is 51.6 Å². The van der Waals surface area contributed by atoms with Gasteiger partial charge in [-0.2, -0.15) is 0 Å². The van der Waals surface area contributed by atoms with Crippen LogP contribution in [0.4, 0.5) is 0 Å². The maximum Gasteiger partial charge on any atom is 0.240 e. The summed E-state index contributed by atoms with van der Waals surface area (Å²) in [5.41, 5.74) is -0.260. The van der Waals surface area contributed by atoms with E-state index in [0.29, 0.717) is 0 Å². The van der Waals surface area contributed by atoms with Crippen molar-refractivity contribution < 1.29 is 9.59 Å². The third kappa shape index (κ3) is 6.78. The molecule has 1 rings (SSSR count). The molecule has 1 unspecified atom stereocenters. The van der Waals surface area contributed by atoms with Gasteiger partial charge in [-0.15, -0.1) is 12.4 Å². The molecule has 0 aromatic heterocycles. The van der Waals surface area contributed by atoms with Gasteiger partial charge in [0.05, 0.1) is 12.6 Å². The van der Waals surface area contributed by atoms with Gasteiger partial charge < -0.3 is 15.5 Å². The summed E-state index contributed by atoms with van der Waals surface area (Å²) in [5, 5.41) is 6.05. The van der Waals surface area contributed by atoms with Crippen LogP contribution in [0, 0.1) is 0 Å². The average molecular weight is 292 g/mol. The molecule has 0 aromatic rings. The highest BCUT2D eigenvalue weighted by Gasteiger charge is 2.25. The third-order valence-electron chi connectivity index (χ3n) is 2.88. The normalized spacial score (nSPS) is 19.3. The van der Waals surface area contributed by atoms with Crippen LogP contribution in [0.1, 0.15) is 40.0 Å². The van der Waals surface area contributed by atoms with Gasteiger partial charge in [0.1, 0.15) is 0 Å². The summed E-state index contributed by atoms with van der Waals surface area (Å²) in [7, 11) is 1.68. The van der Waals surface area contributed by atoms with E-state index in [1.54, 1.807) is 7.05 Å². The van der Waals surface area contributed by atoms with Gasteiger partial charge in [0.2, 0.25) is 11.8 Å². The molecule has 1 fully saturated rings. The number of nitrogens with one attached hydrogen (secondary N) is 2. The lowest BCUT2D eigenvalue weighted by Gasteiger charge is -2.28. The van der Waals surface area contributed by atoms with E-state index in [1.807, 2.05) is 20.8 Å². The van der Waals surface area contributed by atoms with Crippen molar-refractivity contribution in [3.8, 4) is 0 Å². The van der Waals surface area contributed by atoms with Crippen molar-refractivity contribution in [1.82, 2.24) is 15.5 Å². The number of carbonyl (C=O) groups is 2. The van der Waals surface area contributed by atoms with Gasteiger partial charge in [0.25, 0.3) is 0 Å². The number of piperidine rings is 1. The lowest BCUT2D eigenvalue weighted by atomic mass is 10.0. The van der Waals surface area contributed by atoms with Crippen molar-refractivity contribution in [1.29, 1.82) is 0 Å². The average Bonchev–Trinajstić information content (AvgIpc) is 2.26. The summed E-state index contributed by atoms with van der Waals surface area (Å²) in [6.45, 7) is 6.78. The van der Waals surface area contributed by atoms with Gasteiger partial charge in [-0.05, 0) is 40.2 Å². The minimum Gasteiger partial charge on any atom is -0.350 e. The Morgan fingerprint density at radius 3 is 2.42 bits per heavy atom. The van der Waals surface area contributed by atoms with Gasteiger partial charge in [0.15, 0.2) is 0 Å². The summed E-state index contributed by atoms with van der Waals surface area (Å²) in [4.78, 5) is 25.3. The fourth-order valence-corrected chi connectivity index (χ4v) is 2.08. The van der Waals surface area contributed by atoms with Crippen LogP contribution in [0.15, 0.2) is 0 Å². The standard InChI is InChI=1S/C13H25N3O2.ClH/c1-13(2,3)15-11(17)9-16(4)12(18)10-7-5-6-8-14-10;/h10,14H,5-9H2,1-4H3,(H,15,17);1H. The van der Waals surface area contributed by atoms with E-state index < -0.39 is 0 Å². The van der Waals surface area contributed by atoms with E-state index in [9.17, 15) is 9.59 Å². The highest BCUT2D eigenvalue weighted by Crippen LogP contribution is 2.09. The molecular weight excluding hydrogens is 266 g/mol. The molecule has 1 aliphatic heterocycles. The first-order chi connectivity index (χ1) is 8.29. The molecule has 5 nitrogen and oxygen atoms in total.